The molecule has 1 unspecified atom stereocenters. The van der Waals surface area contributed by atoms with Crippen molar-refractivity contribution in [1.29, 1.82) is 0 Å². The minimum atomic E-state index is 0.398. The van der Waals surface area contributed by atoms with Crippen molar-refractivity contribution in [2.45, 2.75) is 45.1 Å². The molecule has 3 nitrogen and oxygen atoms in total. The van der Waals surface area contributed by atoms with Crippen LogP contribution in [0, 0.1) is 10.7 Å². The quantitative estimate of drug-likeness (QED) is 0.800. The van der Waals surface area contributed by atoms with E-state index < -0.39 is 0 Å². The zero-order chi connectivity index (χ0) is 13.4. The first kappa shape index (κ1) is 13.1. The van der Waals surface area contributed by atoms with E-state index >= 15 is 0 Å². The largest absolute Gasteiger partial charge is 0.329 e. The Morgan fingerprint density at radius 1 is 1.42 bits per heavy atom. The third kappa shape index (κ3) is 2.43. The van der Waals surface area contributed by atoms with Gasteiger partial charge in [-0.05, 0) is 44.0 Å². The molecule has 0 bridgehead atoms. The average molecular weight is 296 g/mol. The topological polar surface area (TPSA) is 33.6 Å². The van der Waals surface area contributed by atoms with Crippen LogP contribution in [0.3, 0.4) is 0 Å². The SMILES string of the molecule is CC(C1CCCCC1)n1c(=S)[nH]c2cc(Cl)cnc21. The molecule has 0 amide bonds. The van der Waals surface area contributed by atoms with Crippen LogP contribution in [0.25, 0.3) is 11.2 Å². The fraction of sp³-hybridized carbons (Fsp3) is 0.571. The van der Waals surface area contributed by atoms with Gasteiger partial charge < -0.3 is 4.98 Å². The van der Waals surface area contributed by atoms with Gasteiger partial charge in [-0.1, -0.05) is 30.9 Å². The molecule has 1 saturated carbocycles. The molecule has 102 valence electrons. The maximum atomic E-state index is 5.98. The molecule has 0 spiro atoms. The number of imidazole rings is 1. The summed E-state index contributed by atoms with van der Waals surface area (Å²) in [6.07, 6.45) is 8.33. The zero-order valence-electron chi connectivity index (χ0n) is 11.0. The van der Waals surface area contributed by atoms with Crippen LogP contribution in [-0.2, 0) is 0 Å². The summed E-state index contributed by atoms with van der Waals surface area (Å²) in [7, 11) is 0. The zero-order valence-corrected chi connectivity index (χ0v) is 12.6. The Balaban J connectivity index is 2.03. The van der Waals surface area contributed by atoms with Gasteiger partial charge in [-0.3, -0.25) is 4.57 Å². The summed E-state index contributed by atoms with van der Waals surface area (Å²) in [5, 5.41) is 0.640. The van der Waals surface area contributed by atoms with Crippen LogP contribution >= 0.6 is 23.8 Å². The first-order chi connectivity index (χ1) is 9.16. The van der Waals surface area contributed by atoms with E-state index in [0.717, 1.165) is 15.9 Å². The molecule has 0 radical (unpaired) electrons. The number of rotatable bonds is 2. The monoisotopic (exact) mass is 295 g/mol. The highest BCUT2D eigenvalue weighted by Gasteiger charge is 2.23. The van der Waals surface area contributed by atoms with Gasteiger partial charge in [-0.25, -0.2) is 4.98 Å². The van der Waals surface area contributed by atoms with Gasteiger partial charge in [-0.2, -0.15) is 0 Å². The van der Waals surface area contributed by atoms with E-state index in [4.69, 9.17) is 23.8 Å². The number of fused-ring (bicyclic) bond motifs is 1. The average Bonchev–Trinajstić information content (AvgIpc) is 2.74. The summed E-state index contributed by atoms with van der Waals surface area (Å²) in [5.74, 6) is 0.705. The second kappa shape index (κ2) is 5.25. The van der Waals surface area contributed by atoms with E-state index in [-0.39, 0.29) is 0 Å². The number of hydrogen-bond acceptors (Lipinski definition) is 2. The van der Waals surface area contributed by atoms with Crippen LogP contribution < -0.4 is 0 Å². The number of nitrogens with zero attached hydrogens (tertiary/aromatic N) is 2. The smallest absolute Gasteiger partial charge is 0.179 e. The Hall–Kier alpha value is -0.870. The third-order valence-electron chi connectivity index (χ3n) is 4.26. The van der Waals surface area contributed by atoms with Crippen molar-refractivity contribution in [2.24, 2.45) is 5.92 Å². The molecule has 0 aromatic carbocycles. The second-order valence-corrected chi connectivity index (χ2v) is 6.29. The van der Waals surface area contributed by atoms with Crippen LogP contribution in [0.5, 0.6) is 0 Å². The number of aromatic amines is 1. The van der Waals surface area contributed by atoms with Crippen LogP contribution in [0.15, 0.2) is 12.3 Å². The van der Waals surface area contributed by atoms with Gasteiger partial charge in [0.25, 0.3) is 0 Å². The highest BCUT2D eigenvalue weighted by molar-refractivity contribution is 7.71. The van der Waals surface area contributed by atoms with Crippen molar-refractivity contribution < 1.29 is 0 Å². The maximum absolute atomic E-state index is 5.98. The maximum Gasteiger partial charge on any atom is 0.179 e. The lowest BCUT2D eigenvalue weighted by atomic mass is 9.84. The summed E-state index contributed by atoms with van der Waals surface area (Å²) in [6, 6.07) is 2.29. The number of halogens is 1. The predicted molar refractivity (Wildman–Crippen MR) is 81.2 cm³/mol. The Morgan fingerprint density at radius 2 is 2.16 bits per heavy atom. The van der Waals surface area contributed by atoms with Crippen LogP contribution in [0.4, 0.5) is 0 Å². The number of pyridine rings is 1. The number of aromatic nitrogens is 3. The molecule has 1 fully saturated rings. The number of hydrogen-bond donors (Lipinski definition) is 1. The molecule has 5 heteroatoms. The normalized spacial score (nSPS) is 18.8. The first-order valence-electron chi connectivity index (χ1n) is 6.92. The van der Waals surface area contributed by atoms with Gasteiger partial charge >= 0.3 is 0 Å². The molecule has 1 aliphatic rings. The summed E-state index contributed by atoms with van der Waals surface area (Å²) in [6.45, 7) is 2.26. The van der Waals surface area contributed by atoms with Gasteiger partial charge in [0.2, 0.25) is 0 Å². The van der Waals surface area contributed by atoms with Gasteiger partial charge in [0.05, 0.1) is 10.5 Å². The molecule has 1 N–H and O–H groups in total. The minimum Gasteiger partial charge on any atom is -0.329 e. The molecule has 0 aliphatic heterocycles. The Morgan fingerprint density at radius 3 is 2.89 bits per heavy atom. The van der Waals surface area contributed by atoms with Crippen molar-refractivity contribution in [3.05, 3.63) is 22.1 Å². The van der Waals surface area contributed by atoms with Gasteiger partial charge in [0, 0.05) is 12.2 Å². The molecule has 0 saturated heterocycles. The van der Waals surface area contributed by atoms with Crippen molar-refractivity contribution in [1.82, 2.24) is 14.5 Å². The molecular formula is C14H18ClN3S. The van der Waals surface area contributed by atoms with Crippen molar-refractivity contribution in [2.75, 3.05) is 0 Å². The number of H-pyrrole nitrogens is 1. The van der Waals surface area contributed by atoms with E-state index in [1.807, 2.05) is 6.07 Å². The van der Waals surface area contributed by atoms with E-state index in [0.29, 0.717) is 17.0 Å². The van der Waals surface area contributed by atoms with Gasteiger partial charge in [-0.15, -0.1) is 0 Å². The van der Waals surface area contributed by atoms with E-state index in [1.165, 1.54) is 32.1 Å². The molecule has 1 aliphatic carbocycles. The molecule has 2 aromatic rings. The lowest BCUT2D eigenvalue weighted by Gasteiger charge is -2.28. The Labute approximate surface area is 123 Å². The molecular weight excluding hydrogens is 278 g/mol. The highest BCUT2D eigenvalue weighted by Crippen LogP contribution is 2.34. The molecule has 3 rings (SSSR count). The van der Waals surface area contributed by atoms with Crippen LogP contribution in [0.1, 0.15) is 45.1 Å². The van der Waals surface area contributed by atoms with E-state index in [9.17, 15) is 0 Å². The lowest BCUT2D eigenvalue weighted by molar-refractivity contribution is 0.265. The van der Waals surface area contributed by atoms with Crippen molar-refractivity contribution >= 4 is 35.0 Å². The van der Waals surface area contributed by atoms with Gasteiger partial charge in [0.1, 0.15) is 0 Å². The van der Waals surface area contributed by atoms with Crippen LogP contribution in [0.2, 0.25) is 5.02 Å². The predicted octanol–water partition coefficient (Wildman–Crippen LogP) is 4.89. The Kier molecular flexibility index (Phi) is 3.63. The summed E-state index contributed by atoms with van der Waals surface area (Å²) in [5.41, 5.74) is 1.85. The van der Waals surface area contributed by atoms with Gasteiger partial charge in [0.15, 0.2) is 10.4 Å². The van der Waals surface area contributed by atoms with Crippen LogP contribution in [-0.4, -0.2) is 14.5 Å². The Bertz CT molecular complexity index is 640. The molecule has 2 aromatic heterocycles. The molecule has 19 heavy (non-hydrogen) atoms. The lowest BCUT2D eigenvalue weighted by Crippen LogP contribution is -2.19. The van der Waals surface area contributed by atoms with Crippen molar-refractivity contribution in [3.8, 4) is 0 Å². The standard InChI is InChI=1S/C14H18ClN3S/c1-9(10-5-3-2-4-6-10)18-13-12(17-14(18)19)7-11(15)8-16-13/h7-10H,2-6H2,1H3,(H,17,19). The fourth-order valence-corrected chi connectivity index (χ4v) is 3.71. The second-order valence-electron chi connectivity index (χ2n) is 5.46. The van der Waals surface area contributed by atoms with Crippen molar-refractivity contribution in [3.63, 3.8) is 0 Å². The highest BCUT2D eigenvalue weighted by atomic mass is 35.5. The number of nitrogens with one attached hydrogen (secondary N) is 1. The minimum absolute atomic E-state index is 0.398. The fourth-order valence-electron chi connectivity index (χ4n) is 3.19. The summed E-state index contributed by atoms with van der Waals surface area (Å²) >= 11 is 11.4. The summed E-state index contributed by atoms with van der Waals surface area (Å²) in [4.78, 5) is 7.67. The first-order valence-corrected chi connectivity index (χ1v) is 7.71. The third-order valence-corrected chi connectivity index (χ3v) is 4.77. The molecule has 2 heterocycles. The summed E-state index contributed by atoms with van der Waals surface area (Å²) < 4.78 is 2.92. The van der Waals surface area contributed by atoms with E-state index in [1.54, 1.807) is 6.20 Å². The van der Waals surface area contributed by atoms with E-state index in [2.05, 4.69) is 21.5 Å². The molecule has 1 atom stereocenters.